The molecule has 0 aliphatic rings. The monoisotopic (exact) mass is 305 g/mol. The third-order valence-electron chi connectivity index (χ3n) is 2.77. The number of nitrogens with one attached hydrogen (secondary N) is 1. The fraction of sp³-hybridized carbons (Fsp3) is 0.214. The molecule has 0 spiro atoms. The van der Waals surface area contributed by atoms with Gasteiger partial charge in [-0.3, -0.25) is 0 Å². The van der Waals surface area contributed by atoms with Crippen LogP contribution in [0.15, 0.2) is 41.6 Å². The minimum Gasteiger partial charge on any atom is -0.381 e. The van der Waals surface area contributed by atoms with E-state index in [-0.39, 0.29) is 0 Å². The Labute approximate surface area is 116 Å². The molecule has 18 heavy (non-hydrogen) atoms. The SMILES string of the molecule is C=Cn1cc(CNc2ccc(Br)cc2CC)cn1. The number of rotatable bonds is 5. The number of hydrogen-bond donors (Lipinski definition) is 1. The molecular formula is C14H16BrN3. The van der Waals surface area contributed by atoms with E-state index in [0.29, 0.717) is 0 Å². The number of anilines is 1. The van der Waals surface area contributed by atoms with E-state index in [2.05, 4.69) is 58.0 Å². The highest BCUT2D eigenvalue weighted by atomic mass is 79.9. The molecule has 1 aromatic heterocycles. The fourth-order valence-corrected chi connectivity index (χ4v) is 2.20. The van der Waals surface area contributed by atoms with Crippen molar-refractivity contribution >= 4 is 27.8 Å². The highest BCUT2D eigenvalue weighted by Gasteiger charge is 2.02. The largest absolute Gasteiger partial charge is 0.381 e. The number of halogens is 1. The van der Waals surface area contributed by atoms with Gasteiger partial charge in [-0.15, -0.1) is 0 Å². The lowest BCUT2D eigenvalue weighted by atomic mass is 10.1. The lowest BCUT2D eigenvalue weighted by Crippen LogP contribution is -2.01. The second-order valence-electron chi connectivity index (χ2n) is 4.02. The van der Waals surface area contributed by atoms with Crippen LogP contribution in [0.5, 0.6) is 0 Å². The zero-order valence-electron chi connectivity index (χ0n) is 10.4. The second kappa shape index (κ2) is 5.87. The third-order valence-corrected chi connectivity index (χ3v) is 3.27. The lowest BCUT2D eigenvalue weighted by molar-refractivity contribution is 0.936. The van der Waals surface area contributed by atoms with Crippen molar-refractivity contribution in [3.8, 4) is 0 Å². The zero-order valence-corrected chi connectivity index (χ0v) is 11.9. The quantitative estimate of drug-likeness (QED) is 0.907. The maximum absolute atomic E-state index is 4.15. The summed E-state index contributed by atoms with van der Waals surface area (Å²) in [6.45, 7) is 6.60. The van der Waals surface area contributed by atoms with Crippen LogP contribution in [-0.2, 0) is 13.0 Å². The van der Waals surface area contributed by atoms with Gasteiger partial charge in [0.25, 0.3) is 0 Å². The molecule has 0 radical (unpaired) electrons. The summed E-state index contributed by atoms with van der Waals surface area (Å²) in [6, 6.07) is 6.30. The highest BCUT2D eigenvalue weighted by Crippen LogP contribution is 2.22. The molecule has 94 valence electrons. The Kier molecular flexibility index (Phi) is 4.20. The summed E-state index contributed by atoms with van der Waals surface area (Å²) in [5, 5.41) is 7.59. The molecule has 2 aromatic rings. The van der Waals surface area contributed by atoms with E-state index in [0.717, 1.165) is 23.0 Å². The van der Waals surface area contributed by atoms with Gasteiger partial charge in [0.05, 0.1) is 6.20 Å². The molecule has 0 fully saturated rings. The number of nitrogens with zero attached hydrogens (tertiary/aromatic N) is 2. The molecule has 1 heterocycles. The van der Waals surface area contributed by atoms with Gasteiger partial charge in [-0.2, -0.15) is 5.10 Å². The van der Waals surface area contributed by atoms with E-state index in [4.69, 9.17) is 0 Å². The van der Waals surface area contributed by atoms with Crippen LogP contribution in [0.3, 0.4) is 0 Å². The fourth-order valence-electron chi connectivity index (χ4n) is 1.79. The van der Waals surface area contributed by atoms with Crippen LogP contribution in [0.4, 0.5) is 5.69 Å². The van der Waals surface area contributed by atoms with E-state index >= 15 is 0 Å². The Bertz CT molecular complexity index is 546. The summed E-state index contributed by atoms with van der Waals surface area (Å²) >= 11 is 3.49. The topological polar surface area (TPSA) is 29.9 Å². The standard InChI is InChI=1S/C14H16BrN3/c1-3-12-7-13(15)5-6-14(12)16-8-11-9-17-18(4-2)10-11/h4-7,9-10,16H,2-3,8H2,1H3. The van der Waals surface area contributed by atoms with Crippen molar-refractivity contribution in [1.82, 2.24) is 9.78 Å². The Balaban J connectivity index is 2.07. The maximum atomic E-state index is 4.15. The summed E-state index contributed by atoms with van der Waals surface area (Å²) in [5.74, 6) is 0. The van der Waals surface area contributed by atoms with E-state index in [1.54, 1.807) is 10.9 Å². The number of hydrogen-bond acceptors (Lipinski definition) is 2. The van der Waals surface area contributed by atoms with Gasteiger partial charge >= 0.3 is 0 Å². The van der Waals surface area contributed by atoms with Gasteiger partial charge in [-0.1, -0.05) is 29.4 Å². The van der Waals surface area contributed by atoms with Gasteiger partial charge in [-0.05, 0) is 30.2 Å². The average Bonchev–Trinajstić information content (AvgIpc) is 2.85. The van der Waals surface area contributed by atoms with Crippen LogP contribution in [-0.4, -0.2) is 9.78 Å². The van der Waals surface area contributed by atoms with Crippen molar-refractivity contribution in [2.24, 2.45) is 0 Å². The summed E-state index contributed by atoms with van der Waals surface area (Å²) in [7, 11) is 0. The van der Waals surface area contributed by atoms with Crippen molar-refractivity contribution in [2.45, 2.75) is 19.9 Å². The van der Waals surface area contributed by atoms with Crippen LogP contribution in [0, 0.1) is 0 Å². The van der Waals surface area contributed by atoms with Gasteiger partial charge < -0.3 is 5.32 Å². The van der Waals surface area contributed by atoms with Gasteiger partial charge in [0.1, 0.15) is 0 Å². The van der Waals surface area contributed by atoms with E-state index < -0.39 is 0 Å². The van der Waals surface area contributed by atoms with Crippen molar-refractivity contribution in [1.29, 1.82) is 0 Å². The molecular weight excluding hydrogens is 290 g/mol. The summed E-state index contributed by atoms with van der Waals surface area (Å²) in [4.78, 5) is 0. The molecule has 0 aliphatic heterocycles. The molecule has 2 rings (SSSR count). The molecule has 0 bridgehead atoms. The van der Waals surface area contributed by atoms with Crippen LogP contribution >= 0.6 is 15.9 Å². The molecule has 0 saturated carbocycles. The minimum absolute atomic E-state index is 0.766. The number of aryl methyl sites for hydroxylation is 1. The molecule has 0 atom stereocenters. The van der Waals surface area contributed by atoms with Crippen LogP contribution < -0.4 is 5.32 Å². The maximum Gasteiger partial charge on any atom is 0.0543 e. The van der Waals surface area contributed by atoms with Crippen molar-refractivity contribution in [3.05, 3.63) is 52.8 Å². The Morgan fingerprint density at radius 3 is 3.00 bits per heavy atom. The summed E-state index contributed by atoms with van der Waals surface area (Å²) in [5.41, 5.74) is 3.62. The van der Waals surface area contributed by atoms with Crippen LogP contribution in [0.2, 0.25) is 0 Å². The summed E-state index contributed by atoms with van der Waals surface area (Å²) in [6.07, 6.45) is 6.50. The minimum atomic E-state index is 0.766. The number of aromatic nitrogens is 2. The Morgan fingerprint density at radius 1 is 1.50 bits per heavy atom. The molecule has 4 heteroatoms. The highest BCUT2D eigenvalue weighted by molar-refractivity contribution is 9.10. The molecule has 0 unspecified atom stereocenters. The van der Waals surface area contributed by atoms with Gasteiger partial charge in [0.2, 0.25) is 0 Å². The van der Waals surface area contributed by atoms with Crippen molar-refractivity contribution in [3.63, 3.8) is 0 Å². The first-order valence-electron chi connectivity index (χ1n) is 5.90. The molecule has 1 N–H and O–H groups in total. The predicted octanol–water partition coefficient (Wildman–Crippen LogP) is 3.92. The van der Waals surface area contributed by atoms with Crippen molar-refractivity contribution in [2.75, 3.05) is 5.32 Å². The molecule has 3 nitrogen and oxygen atoms in total. The first kappa shape index (κ1) is 12.9. The van der Waals surface area contributed by atoms with E-state index in [1.807, 2.05) is 12.4 Å². The molecule has 0 aliphatic carbocycles. The van der Waals surface area contributed by atoms with Gasteiger partial charge in [0, 0.05) is 34.7 Å². The third kappa shape index (κ3) is 3.01. The van der Waals surface area contributed by atoms with E-state index in [1.165, 1.54) is 11.3 Å². The Morgan fingerprint density at radius 2 is 2.33 bits per heavy atom. The van der Waals surface area contributed by atoms with E-state index in [9.17, 15) is 0 Å². The smallest absolute Gasteiger partial charge is 0.0543 e. The molecule has 1 aromatic carbocycles. The second-order valence-corrected chi connectivity index (χ2v) is 4.94. The predicted molar refractivity (Wildman–Crippen MR) is 79.5 cm³/mol. The first-order valence-corrected chi connectivity index (χ1v) is 6.70. The summed E-state index contributed by atoms with van der Waals surface area (Å²) < 4.78 is 2.82. The first-order chi connectivity index (χ1) is 8.72. The van der Waals surface area contributed by atoms with Gasteiger partial charge in [0.15, 0.2) is 0 Å². The van der Waals surface area contributed by atoms with Crippen molar-refractivity contribution < 1.29 is 0 Å². The van der Waals surface area contributed by atoms with Crippen LogP contribution in [0.25, 0.3) is 6.20 Å². The number of benzene rings is 1. The zero-order chi connectivity index (χ0) is 13.0. The van der Waals surface area contributed by atoms with Crippen LogP contribution in [0.1, 0.15) is 18.1 Å². The average molecular weight is 306 g/mol. The normalized spacial score (nSPS) is 10.3. The molecule has 0 amide bonds. The molecule has 0 saturated heterocycles. The Hall–Kier alpha value is -1.55. The van der Waals surface area contributed by atoms with Gasteiger partial charge in [-0.25, -0.2) is 4.68 Å². The lowest BCUT2D eigenvalue weighted by Gasteiger charge is -2.10.